The number of nitriles is 1. The summed E-state index contributed by atoms with van der Waals surface area (Å²) in [6.45, 7) is 1.39. The fraction of sp³-hybridized carbons (Fsp3) is 0.188. The first-order chi connectivity index (χ1) is 12.2. The third kappa shape index (κ3) is 3.81. The second-order valence-electron chi connectivity index (χ2n) is 5.19. The molecule has 9 nitrogen and oxygen atoms in total. The van der Waals surface area contributed by atoms with E-state index in [-0.39, 0.29) is 17.3 Å². The molecule has 2 aromatic heterocycles. The SMILES string of the molecule is N#Cc1nc(-c2ccc([N+](=O)[O-])cc2)oc1NCCCn1ccnc1. The molecule has 0 aliphatic carbocycles. The molecule has 126 valence electrons. The van der Waals surface area contributed by atoms with Crippen LogP contribution >= 0.6 is 0 Å². The third-order valence-corrected chi connectivity index (χ3v) is 3.50. The molecule has 0 saturated carbocycles. The normalized spacial score (nSPS) is 10.4. The Morgan fingerprint density at radius 1 is 1.36 bits per heavy atom. The molecule has 2 heterocycles. The van der Waals surface area contributed by atoms with Crippen LogP contribution in [0.2, 0.25) is 0 Å². The number of imidazole rings is 1. The summed E-state index contributed by atoms with van der Waals surface area (Å²) in [4.78, 5) is 18.3. The molecule has 0 aliphatic heterocycles. The quantitative estimate of drug-likeness (QED) is 0.399. The van der Waals surface area contributed by atoms with Gasteiger partial charge in [-0.2, -0.15) is 10.2 Å². The smallest absolute Gasteiger partial charge is 0.269 e. The van der Waals surface area contributed by atoms with E-state index in [0.717, 1.165) is 13.0 Å². The van der Waals surface area contributed by atoms with Crippen molar-refractivity contribution in [1.29, 1.82) is 5.26 Å². The van der Waals surface area contributed by atoms with Gasteiger partial charge in [0.1, 0.15) is 6.07 Å². The molecule has 0 amide bonds. The Morgan fingerprint density at radius 2 is 2.16 bits per heavy atom. The molecule has 1 N–H and O–H groups in total. The summed E-state index contributed by atoms with van der Waals surface area (Å²) in [5.74, 6) is 0.532. The predicted molar refractivity (Wildman–Crippen MR) is 88.6 cm³/mol. The van der Waals surface area contributed by atoms with E-state index in [4.69, 9.17) is 4.42 Å². The summed E-state index contributed by atoms with van der Waals surface area (Å²) in [5, 5.41) is 22.9. The van der Waals surface area contributed by atoms with E-state index in [2.05, 4.69) is 15.3 Å². The number of hydrogen-bond acceptors (Lipinski definition) is 7. The molecule has 0 aliphatic rings. The zero-order valence-electron chi connectivity index (χ0n) is 13.1. The summed E-state index contributed by atoms with van der Waals surface area (Å²) in [6.07, 6.45) is 6.15. The molecule has 0 spiro atoms. The molecule has 0 unspecified atom stereocenters. The minimum Gasteiger partial charge on any atom is -0.419 e. The number of nitro groups is 1. The Bertz CT molecular complexity index is 893. The van der Waals surface area contributed by atoms with Crippen LogP contribution in [0.5, 0.6) is 0 Å². The van der Waals surface area contributed by atoms with Gasteiger partial charge in [0.05, 0.1) is 11.3 Å². The van der Waals surface area contributed by atoms with Crippen molar-refractivity contribution in [2.75, 3.05) is 11.9 Å². The molecule has 0 fully saturated rings. The van der Waals surface area contributed by atoms with Crippen molar-refractivity contribution in [3.8, 4) is 17.5 Å². The van der Waals surface area contributed by atoms with E-state index in [1.165, 1.54) is 24.3 Å². The van der Waals surface area contributed by atoms with Crippen molar-refractivity contribution in [3.63, 3.8) is 0 Å². The highest BCUT2D eigenvalue weighted by molar-refractivity contribution is 5.60. The van der Waals surface area contributed by atoms with Gasteiger partial charge < -0.3 is 14.3 Å². The van der Waals surface area contributed by atoms with Gasteiger partial charge >= 0.3 is 0 Å². The van der Waals surface area contributed by atoms with Gasteiger partial charge in [-0.15, -0.1) is 0 Å². The van der Waals surface area contributed by atoms with Crippen LogP contribution < -0.4 is 5.32 Å². The highest BCUT2D eigenvalue weighted by Crippen LogP contribution is 2.26. The van der Waals surface area contributed by atoms with E-state index in [1.807, 2.05) is 16.8 Å². The van der Waals surface area contributed by atoms with Crippen LogP contribution in [-0.2, 0) is 6.54 Å². The van der Waals surface area contributed by atoms with Gasteiger partial charge in [-0.3, -0.25) is 10.1 Å². The summed E-state index contributed by atoms with van der Waals surface area (Å²) in [5.41, 5.74) is 0.693. The topological polar surface area (TPSA) is 123 Å². The largest absolute Gasteiger partial charge is 0.419 e. The molecule has 25 heavy (non-hydrogen) atoms. The average Bonchev–Trinajstić information content (AvgIpc) is 3.28. The number of aryl methyl sites for hydroxylation is 1. The zero-order valence-corrected chi connectivity index (χ0v) is 13.1. The lowest BCUT2D eigenvalue weighted by atomic mass is 10.2. The van der Waals surface area contributed by atoms with Crippen LogP contribution in [0.15, 0.2) is 47.4 Å². The predicted octanol–water partition coefficient (Wildman–Crippen LogP) is 2.82. The molecular formula is C16H14N6O3. The lowest BCUT2D eigenvalue weighted by Gasteiger charge is -2.03. The summed E-state index contributed by atoms with van der Waals surface area (Å²) >= 11 is 0. The van der Waals surface area contributed by atoms with Gasteiger partial charge in [0.2, 0.25) is 17.5 Å². The van der Waals surface area contributed by atoms with Crippen LogP contribution in [0.25, 0.3) is 11.5 Å². The van der Waals surface area contributed by atoms with E-state index in [9.17, 15) is 15.4 Å². The fourth-order valence-electron chi connectivity index (χ4n) is 2.25. The molecular weight excluding hydrogens is 324 g/mol. The fourth-order valence-corrected chi connectivity index (χ4v) is 2.25. The Hall–Kier alpha value is -3.67. The first kappa shape index (κ1) is 16.2. The molecule has 3 aromatic rings. The molecule has 0 radical (unpaired) electrons. The molecule has 0 bridgehead atoms. The molecule has 1 aromatic carbocycles. The third-order valence-electron chi connectivity index (χ3n) is 3.50. The highest BCUT2D eigenvalue weighted by Gasteiger charge is 2.15. The summed E-state index contributed by atoms with van der Waals surface area (Å²) in [6, 6.07) is 7.78. The number of hydrogen-bond donors (Lipinski definition) is 1. The van der Waals surface area contributed by atoms with Gasteiger partial charge in [-0.25, -0.2) is 4.98 Å². The highest BCUT2D eigenvalue weighted by atomic mass is 16.6. The Morgan fingerprint density at radius 3 is 2.80 bits per heavy atom. The number of rotatable bonds is 7. The Labute approximate surface area is 142 Å². The van der Waals surface area contributed by atoms with Crippen LogP contribution in [0.3, 0.4) is 0 Å². The monoisotopic (exact) mass is 338 g/mol. The van der Waals surface area contributed by atoms with Crippen molar-refractivity contribution < 1.29 is 9.34 Å². The van der Waals surface area contributed by atoms with Crippen molar-refractivity contribution in [2.45, 2.75) is 13.0 Å². The van der Waals surface area contributed by atoms with Crippen molar-refractivity contribution >= 4 is 11.6 Å². The van der Waals surface area contributed by atoms with Gasteiger partial charge in [-0.05, 0) is 18.6 Å². The van der Waals surface area contributed by atoms with Gasteiger partial charge in [0, 0.05) is 43.2 Å². The number of nitrogens with zero attached hydrogens (tertiary/aromatic N) is 5. The maximum Gasteiger partial charge on any atom is 0.269 e. The maximum absolute atomic E-state index is 10.7. The first-order valence-corrected chi connectivity index (χ1v) is 7.53. The maximum atomic E-state index is 10.7. The minimum atomic E-state index is -0.479. The lowest BCUT2D eigenvalue weighted by molar-refractivity contribution is -0.384. The van der Waals surface area contributed by atoms with Gasteiger partial charge in [0.15, 0.2) is 0 Å². The summed E-state index contributed by atoms with van der Waals surface area (Å²) < 4.78 is 7.55. The zero-order chi connectivity index (χ0) is 17.6. The number of nitro benzene ring substituents is 1. The standard InChI is InChI=1S/C16H14N6O3/c17-10-14-16(19-6-1-8-21-9-7-18-11-21)25-15(20-14)12-2-4-13(5-3-12)22(23)24/h2-5,7,9,11,19H,1,6,8H2. The summed E-state index contributed by atoms with van der Waals surface area (Å²) in [7, 11) is 0. The minimum absolute atomic E-state index is 0.0198. The molecule has 0 saturated heterocycles. The van der Waals surface area contributed by atoms with Crippen LogP contribution in [0, 0.1) is 21.4 Å². The molecule has 9 heteroatoms. The number of nitrogens with one attached hydrogen (secondary N) is 1. The second-order valence-corrected chi connectivity index (χ2v) is 5.19. The van der Waals surface area contributed by atoms with Gasteiger partial charge in [-0.1, -0.05) is 0 Å². The second kappa shape index (κ2) is 7.27. The first-order valence-electron chi connectivity index (χ1n) is 7.53. The van der Waals surface area contributed by atoms with Gasteiger partial charge in [0.25, 0.3) is 5.69 Å². The lowest BCUT2D eigenvalue weighted by Crippen LogP contribution is -2.06. The van der Waals surface area contributed by atoms with E-state index >= 15 is 0 Å². The Kier molecular flexibility index (Phi) is 4.71. The number of oxazole rings is 1. The number of non-ortho nitro benzene ring substituents is 1. The van der Waals surface area contributed by atoms with E-state index < -0.39 is 4.92 Å². The number of aromatic nitrogens is 3. The van der Waals surface area contributed by atoms with E-state index in [1.54, 1.807) is 12.5 Å². The average molecular weight is 338 g/mol. The van der Waals surface area contributed by atoms with Crippen molar-refractivity contribution in [1.82, 2.24) is 14.5 Å². The van der Waals surface area contributed by atoms with E-state index in [0.29, 0.717) is 18.0 Å². The Balaban J connectivity index is 1.66. The molecule has 3 rings (SSSR count). The van der Waals surface area contributed by atoms with Crippen LogP contribution in [0.4, 0.5) is 11.6 Å². The number of anilines is 1. The van der Waals surface area contributed by atoms with Crippen molar-refractivity contribution in [2.24, 2.45) is 0 Å². The van der Waals surface area contributed by atoms with Crippen molar-refractivity contribution in [3.05, 3.63) is 58.8 Å². The molecule has 0 atom stereocenters. The van der Waals surface area contributed by atoms with Crippen LogP contribution in [-0.4, -0.2) is 26.0 Å². The number of benzene rings is 1. The van der Waals surface area contributed by atoms with Crippen LogP contribution in [0.1, 0.15) is 12.1 Å².